The Balaban J connectivity index is 1.59. The van der Waals surface area contributed by atoms with Crippen LogP contribution in [0.1, 0.15) is 104 Å². The summed E-state index contributed by atoms with van der Waals surface area (Å²) in [5.74, 6) is 3.81. The molecule has 140 valence electrons. The van der Waals surface area contributed by atoms with Crippen LogP contribution in [-0.4, -0.2) is 12.6 Å². The van der Waals surface area contributed by atoms with Crippen molar-refractivity contribution in [1.29, 1.82) is 0 Å². The van der Waals surface area contributed by atoms with E-state index in [1.165, 1.54) is 77.0 Å². The summed E-state index contributed by atoms with van der Waals surface area (Å²) < 4.78 is 5.06. The number of esters is 1. The van der Waals surface area contributed by atoms with E-state index in [1.807, 2.05) is 6.92 Å². The van der Waals surface area contributed by atoms with Crippen LogP contribution in [-0.2, 0) is 9.53 Å². The first-order chi connectivity index (χ1) is 11.7. The maximum absolute atomic E-state index is 11.5. The van der Waals surface area contributed by atoms with Gasteiger partial charge in [-0.3, -0.25) is 4.79 Å². The quantitative estimate of drug-likeness (QED) is 0.354. The number of unbranched alkanes of at least 4 members (excludes halogenated alkanes) is 2. The van der Waals surface area contributed by atoms with Gasteiger partial charge < -0.3 is 4.74 Å². The highest BCUT2D eigenvalue weighted by Crippen LogP contribution is 2.43. The number of hydrogen-bond donors (Lipinski definition) is 0. The van der Waals surface area contributed by atoms with Gasteiger partial charge in [-0.05, 0) is 62.7 Å². The van der Waals surface area contributed by atoms with Crippen molar-refractivity contribution in [2.75, 3.05) is 6.61 Å². The fourth-order valence-electron chi connectivity index (χ4n) is 5.13. The van der Waals surface area contributed by atoms with Crippen LogP contribution in [0.2, 0.25) is 0 Å². The normalized spacial score (nSPS) is 30.9. The molecule has 0 aromatic heterocycles. The minimum atomic E-state index is 0.000943. The molecule has 0 saturated heterocycles. The largest absolute Gasteiger partial charge is 0.466 e. The molecule has 2 aliphatic rings. The third kappa shape index (κ3) is 6.76. The minimum Gasteiger partial charge on any atom is -0.466 e. The van der Waals surface area contributed by atoms with Crippen molar-refractivity contribution in [1.82, 2.24) is 0 Å². The van der Waals surface area contributed by atoms with Crippen LogP contribution >= 0.6 is 0 Å². The first-order valence-corrected chi connectivity index (χ1v) is 10.9. The van der Waals surface area contributed by atoms with Gasteiger partial charge >= 0.3 is 5.97 Å². The van der Waals surface area contributed by atoms with E-state index < -0.39 is 0 Å². The Kier molecular flexibility index (Phi) is 9.20. The predicted molar refractivity (Wildman–Crippen MR) is 101 cm³/mol. The number of carbonyl (C=O) groups excluding carboxylic acids is 1. The molecule has 2 saturated carbocycles. The number of carbonyl (C=O) groups is 1. The van der Waals surface area contributed by atoms with Crippen LogP contribution in [0.5, 0.6) is 0 Å². The molecular formula is C22H40O2. The van der Waals surface area contributed by atoms with Gasteiger partial charge in [0, 0.05) is 6.42 Å². The van der Waals surface area contributed by atoms with E-state index in [9.17, 15) is 4.79 Å². The monoisotopic (exact) mass is 336 g/mol. The summed E-state index contributed by atoms with van der Waals surface area (Å²) in [6, 6.07) is 0. The van der Waals surface area contributed by atoms with Gasteiger partial charge in [-0.2, -0.15) is 0 Å². The molecular weight excluding hydrogens is 296 g/mol. The lowest BCUT2D eigenvalue weighted by molar-refractivity contribution is -0.143. The Labute approximate surface area is 150 Å². The van der Waals surface area contributed by atoms with E-state index in [0.717, 1.165) is 30.1 Å². The van der Waals surface area contributed by atoms with Crippen LogP contribution in [0.25, 0.3) is 0 Å². The molecule has 0 amide bonds. The van der Waals surface area contributed by atoms with Crippen LogP contribution < -0.4 is 0 Å². The van der Waals surface area contributed by atoms with E-state index in [2.05, 4.69) is 6.92 Å². The lowest BCUT2D eigenvalue weighted by Crippen LogP contribution is -2.26. The molecule has 2 nitrogen and oxygen atoms in total. The summed E-state index contributed by atoms with van der Waals surface area (Å²) >= 11 is 0. The molecule has 2 rings (SSSR count). The van der Waals surface area contributed by atoms with Crippen molar-refractivity contribution < 1.29 is 9.53 Å². The summed E-state index contributed by atoms with van der Waals surface area (Å²) in [7, 11) is 0. The van der Waals surface area contributed by atoms with Crippen LogP contribution in [0.3, 0.4) is 0 Å². The Morgan fingerprint density at radius 1 is 0.792 bits per heavy atom. The highest BCUT2D eigenvalue weighted by atomic mass is 16.5. The summed E-state index contributed by atoms with van der Waals surface area (Å²) in [6.07, 6.45) is 18.9. The van der Waals surface area contributed by atoms with Gasteiger partial charge in [0.25, 0.3) is 0 Å². The topological polar surface area (TPSA) is 26.3 Å². The highest BCUT2D eigenvalue weighted by molar-refractivity contribution is 5.69. The van der Waals surface area contributed by atoms with Crippen LogP contribution in [0.15, 0.2) is 0 Å². The van der Waals surface area contributed by atoms with Crippen molar-refractivity contribution >= 4 is 5.97 Å². The van der Waals surface area contributed by atoms with E-state index in [1.54, 1.807) is 0 Å². The maximum Gasteiger partial charge on any atom is 0.305 e. The molecule has 0 aromatic carbocycles. The number of ether oxygens (including phenoxy) is 1. The maximum atomic E-state index is 11.5. The van der Waals surface area contributed by atoms with Crippen molar-refractivity contribution in [2.45, 2.75) is 104 Å². The van der Waals surface area contributed by atoms with E-state index >= 15 is 0 Å². The van der Waals surface area contributed by atoms with E-state index in [-0.39, 0.29) is 5.97 Å². The Morgan fingerprint density at radius 3 is 1.83 bits per heavy atom. The van der Waals surface area contributed by atoms with Crippen molar-refractivity contribution in [2.24, 2.45) is 23.7 Å². The summed E-state index contributed by atoms with van der Waals surface area (Å²) in [4.78, 5) is 11.5. The predicted octanol–water partition coefficient (Wildman–Crippen LogP) is 6.52. The molecule has 0 aliphatic heterocycles. The van der Waals surface area contributed by atoms with Crippen molar-refractivity contribution in [3.05, 3.63) is 0 Å². The fraction of sp³-hybridized carbons (Fsp3) is 0.955. The second kappa shape index (κ2) is 11.2. The van der Waals surface area contributed by atoms with Gasteiger partial charge in [0.2, 0.25) is 0 Å². The standard InChI is InChI=1S/C22H40O2/c1-3-5-6-7-18-8-13-20(14-9-18)21-15-10-19(11-16-21)12-17-22(23)24-4-2/h18-21H,3-17H2,1-2H3. The van der Waals surface area contributed by atoms with Gasteiger partial charge in [-0.1, -0.05) is 58.3 Å². The smallest absolute Gasteiger partial charge is 0.305 e. The molecule has 0 aromatic rings. The molecule has 2 aliphatic carbocycles. The second-order valence-electron chi connectivity index (χ2n) is 8.40. The zero-order chi connectivity index (χ0) is 17.2. The van der Waals surface area contributed by atoms with Crippen LogP contribution in [0, 0.1) is 23.7 Å². The molecule has 0 atom stereocenters. The SMILES string of the molecule is CCCCCC1CCC(C2CCC(CCC(=O)OCC)CC2)CC1. The molecule has 2 heteroatoms. The van der Waals surface area contributed by atoms with E-state index in [4.69, 9.17) is 4.74 Å². The molecule has 0 spiro atoms. The van der Waals surface area contributed by atoms with Gasteiger partial charge in [-0.15, -0.1) is 0 Å². The number of hydrogen-bond acceptors (Lipinski definition) is 2. The van der Waals surface area contributed by atoms with Gasteiger partial charge in [0.1, 0.15) is 0 Å². The molecule has 0 N–H and O–H groups in total. The zero-order valence-electron chi connectivity index (χ0n) is 16.2. The van der Waals surface area contributed by atoms with Crippen molar-refractivity contribution in [3.63, 3.8) is 0 Å². The van der Waals surface area contributed by atoms with Gasteiger partial charge in [-0.25, -0.2) is 0 Å². The van der Waals surface area contributed by atoms with E-state index in [0.29, 0.717) is 13.0 Å². The molecule has 0 radical (unpaired) electrons. The lowest BCUT2D eigenvalue weighted by Gasteiger charge is -2.38. The summed E-state index contributed by atoms with van der Waals surface area (Å²) in [6.45, 7) is 4.72. The lowest BCUT2D eigenvalue weighted by atomic mass is 9.68. The van der Waals surface area contributed by atoms with Gasteiger partial charge in [0.15, 0.2) is 0 Å². The molecule has 2 fully saturated rings. The molecule has 0 heterocycles. The van der Waals surface area contributed by atoms with Crippen molar-refractivity contribution in [3.8, 4) is 0 Å². The summed E-state index contributed by atoms with van der Waals surface area (Å²) in [5.41, 5.74) is 0. The molecule has 0 bridgehead atoms. The first-order valence-electron chi connectivity index (χ1n) is 10.9. The minimum absolute atomic E-state index is 0.000943. The molecule has 24 heavy (non-hydrogen) atoms. The molecule has 0 unspecified atom stereocenters. The average Bonchev–Trinajstić information content (AvgIpc) is 2.62. The third-order valence-electron chi connectivity index (χ3n) is 6.73. The second-order valence-corrected chi connectivity index (χ2v) is 8.40. The third-order valence-corrected chi connectivity index (χ3v) is 6.73. The van der Waals surface area contributed by atoms with Gasteiger partial charge in [0.05, 0.1) is 6.61 Å². The Morgan fingerprint density at radius 2 is 1.33 bits per heavy atom. The van der Waals surface area contributed by atoms with Crippen LogP contribution in [0.4, 0.5) is 0 Å². The zero-order valence-corrected chi connectivity index (χ0v) is 16.2. The Bertz CT molecular complexity index is 336. The summed E-state index contributed by atoms with van der Waals surface area (Å²) in [5, 5.41) is 0. The Hall–Kier alpha value is -0.530. The fourth-order valence-corrected chi connectivity index (χ4v) is 5.13. The average molecular weight is 337 g/mol. The number of rotatable bonds is 9. The first kappa shape index (κ1) is 19.8. The highest BCUT2D eigenvalue weighted by Gasteiger charge is 2.30.